The minimum absolute atomic E-state index is 0.127. The number of nitrogens with zero attached hydrogens (tertiary/aromatic N) is 6. The van der Waals surface area contributed by atoms with Gasteiger partial charge in [-0.05, 0) is 19.4 Å². The number of piperazine rings is 1. The molecule has 0 saturated carbocycles. The molecule has 0 bridgehead atoms. The molecule has 1 amide bonds. The van der Waals surface area contributed by atoms with E-state index in [1.807, 2.05) is 24.9 Å². The first kappa shape index (κ1) is 14.7. The lowest BCUT2D eigenvalue weighted by molar-refractivity contribution is -0.136. The number of nitrogens with one attached hydrogen (secondary N) is 1. The number of carbonyl (C=O) groups is 1. The molecule has 0 spiro atoms. The molecule has 8 heteroatoms. The molecule has 3 rings (SSSR count). The molecule has 1 fully saturated rings. The van der Waals surface area contributed by atoms with Crippen molar-refractivity contribution in [2.75, 3.05) is 26.2 Å². The molecule has 0 unspecified atom stereocenters. The van der Waals surface area contributed by atoms with Crippen molar-refractivity contribution in [2.45, 2.75) is 26.4 Å². The predicted molar refractivity (Wildman–Crippen MR) is 79.9 cm³/mol. The normalized spacial score (nSPS) is 17.6. The number of H-pyrrole nitrogens is 1. The van der Waals surface area contributed by atoms with Crippen molar-refractivity contribution in [3.8, 4) is 0 Å². The Bertz CT molecular complexity index is 613. The van der Waals surface area contributed by atoms with Crippen LogP contribution in [0.3, 0.4) is 0 Å². The van der Waals surface area contributed by atoms with Gasteiger partial charge in [-0.25, -0.2) is 4.98 Å². The van der Waals surface area contributed by atoms with Crippen LogP contribution in [0.4, 0.5) is 0 Å². The summed E-state index contributed by atoms with van der Waals surface area (Å²) in [5.74, 6) is 0.988. The van der Waals surface area contributed by atoms with Gasteiger partial charge in [-0.15, -0.1) is 0 Å². The Labute approximate surface area is 129 Å². The lowest BCUT2D eigenvalue weighted by Gasteiger charge is -2.35. The van der Waals surface area contributed by atoms with Crippen LogP contribution in [-0.4, -0.2) is 66.8 Å². The maximum Gasteiger partial charge on any atom is 0.247 e. The molecule has 2 aromatic heterocycles. The van der Waals surface area contributed by atoms with Gasteiger partial charge in [0, 0.05) is 32.4 Å². The average molecular weight is 303 g/mol. The Morgan fingerprint density at radius 3 is 2.73 bits per heavy atom. The molecule has 3 heterocycles. The zero-order valence-electron chi connectivity index (χ0n) is 12.9. The highest BCUT2D eigenvalue weighted by atomic mass is 16.2. The van der Waals surface area contributed by atoms with Crippen molar-refractivity contribution >= 4 is 5.91 Å². The Morgan fingerprint density at radius 2 is 2.14 bits per heavy atom. The van der Waals surface area contributed by atoms with Crippen molar-refractivity contribution in [1.29, 1.82) is 0 Å². The van der Waals surface area contributed by atoms with Gasteiger partial charge in [-0.3, -0.25) is 19.5 Å². The molecule has 1 N–H and O–H groups in total. The predicted octanol–water partition coefficient (Wildman–Crippen LogP) is 0.215. The van der Waals surface area contributed by atoms with Crippen LogP contribution in [0.15, 0.2) is 18.7 Å². The maximum atomic E-state index is 12.5. The molecule has 0 aromatic carbocycles. The summed E-state index contributed by atoms with van der Waals surface area (Å²) < 4.78 is 1.73. The fraction of sp³-hybridized carbons (Fsp3) is 0.571. The van der Waals surface area contributed by atoms with Crippen LogP contribution in [0.25, 0.3) is 0 Å². The average Bonchev–Trinajstić information content (AvgIpc) is 3.18. The monoisotopic (exact) mass is 303 g/mol. The third kappa shape index (κ3) is 3.16. The number of hydrogen-bond donors (Lipinski definition) is 1. The van der Waals surface area contributed by atoms with Gasteiger partial charge < -0.3 is 4.90 Å². The van der Waals surface area contributed by atoms with E-state index in [4.69, 9.17) is 0 Å². The van der Waals surface area contributed by atoms with Crippen LogP contribution in [0.1, 0.15) is 24.4 Å². The van der Waals surface area contributed by atoms with E-state index in [1.54, 1.807) is 10.9 Å². The van der Waals surface area contributed by atoms with Crippen LogP contribution in [0, 0.1) is 6.92 Å². The topological polar surface area (TPSA) is 82.9 Å². The number of aromatic nitrogens is 5. The van der Waals surface area contributed by atoms with Crippen molar-refractivity contribution in [3.05, 3.63) is 30.1 Å². The highest BCUT2D eigenvalue weighted by molar-refractivity contribution is 5.80. The van der Waals surface area contributed by atoms with Crippen LogP contribution in [0.2, 0.25) is 0 Å². The van der Waals surface area contributed by atoms with E-state index in [9.17, 15) is 4.79 Å². The summed E-state index contributed by atoms with van der Waals surface area (Å²) in [7, 11) is 0. The Morgan fingerprint density at radius 1 is 1.36 bits per heavy atom. The summed E-state index contributed by atoms with van der Waals surface area (Å²) in [6.07, 6.45) is 5.20. The second-order valence-corrected chi connectivity index (χ2v) is 5.71. The number of amides is 1. The summed E-state index contributed by atoms with van der Waals surface area (Å²) in [4.78, 5) is 20.9. The maximum absolute atomic E-state index is 12.5. The van der Waals surface area contributed by atoms with E-state index in [0.717, 1.165) is 44.1 Å². The molecule has 1 aliphatic rings. The van der Waals surface area contributed by atoms with E-state index in [0.29, 0.717) is 0 Å². The van der Waals surface area contributed by atoms with Gasteiger partial charge in [0.05, 0.1) is 12.7 Å². The summed E-state index contributed by atoms with van der Waals surface area (Å²) in [5.41, 5.74) is 1.07. The zero-order chi connectivity index (χ0) is 15.5. The number of rotatable bonds is 4. The highest BCUT2D eigenvalue weighted by Crippen LogP contribution is 2.13. The molecule has 0 radical (unpaired) electrons. The molecule has 1 saturated heterocycles. The zero-order valence-corrected chi connectivity index (χ0v) is 12.9. The first-order valence-corrected chi connectivity index (χ1v) is 7.49. The van der Waals surface area contributed by atoms with Gasteiger partial charge in [-0.1, -0.05) is 0 Å². The minimum atomic E-state index is -0.255. The van der Waals surface area contributed by atoms with Crippen LogP contribution in [-0.2, 0) is 11.3 Å². The van der Waals surface area contributed by atoms with Crippen molar-refractivity contribution in [1.82, 2.24) is 34.8 Å². The first-order valence-electron chi connectivity index (χ1n) is 7.49. The summed E-state index contributed by atoms with van der Waals surface area (Å²) in [5, 5.41) is 11.0. The van der Waals surface area contributed by atoms with Gasteiger partial charge in [0.15, 0.2) is 0 Å². The number of hydrogen-bond acceptors (Lipinski definition) is 5. The van der Waals surface area contributed by atoms with Gasteiger partial charge in [-0.2, -0.15) is 10.2 Å². The number of aromatic amines is 1. The Hall–Kier alpha value is -2.22. The molecule has 22 heavy (non-hydrogen) atoms. The third-order valence-corrected chi connectivity index (χ3v) is 4.01. The molecule has 1 aliphatic heterocycles. The second kappa shape index (κ2) is 6.27. The molecule has 2 aromatic rings. The smallest absolute Gasteiger partial charge is 0.247 e. The van der Waals surface area contributed by atoms with E-state index in [-0.39, 0.29) is 11.9 Å². The SMILES string of the molecule is Cc1cnn([C@@H](C)C(=O)N2CCN(Cc3ncn[nH]3)CC2)c1. The van der Waals surface area contributed by atoms with Gasteiger partial charge in [0.25, 0.3) is 0 Å². The molecule has 0 aliphatic carbocycles. The van der Waals surface area contributed by atoms with Gasteiger partial charge >= 0.3 is 0 Å². The van der Waals surface area contributed by atoms with Crippen molar-refractivity contribution in [3.63, 3.8) is 0 Å². The molecular weight excluding hydrogens is 282 g/mol. The molecule has 118 valence electrons. The largest absolute Gasteiger partial charge is 0.338 e. The van der Waals surface area contributed by atoms with Gasteiger partial charge in [0.2, 0.25) is 5.91 Å². The van der Waals surface area contributed by atoms with E-state index < -0.39 is 0 Å². The molecule has 8 nitrogen and oxygen atoms in total. The van der Waals surface area contributed by atoms with Crippen LogP contribution in [0.5, 0.6) is 0 Å². The standard InChI is InChI=1S/C14H21N7O/c1-11-7-17-21(8-11)12(2)14(22)20-5-3-19(4-6-20)9-13-15-10-16-18-13/h7-8,10,12H,3-6,9H2,1-2H3,(H,15,16,18)/t12-/m0/s1. The summed E-state index contributed by atoms with van der Waals surface area (Å²) in [6, 6.07) is -0.255. The fourth-order valence-corrected chi connectivity index (χ4v) is 2.67. The second-order valence-electron chi connectivity index (χ2n) is 5.71. The van der Waals surface area contributed by atoms with Crippen LogP contribution < -0.4 is 0 Å². The number of carbonyl (C=O) groups excluding carboxylic acids is 1. The molecule has 1 atom stereocenters. The lowest BCUT2D eigenvalue weighted by Crippen LogP contribution is -2.50. The van der Waals surface area contributed by atoms with Crippen molar-refractivity contribution < 1.29 is 4.79 Å². The fourth-order valence-electron chi connectivity index (χ4n) is 2.67. The Balaban J connectivity index is 1.53. The quantitative estimate of drug-likeness (QED) is 0.873. The van der Waals surface area contributed by atoms with E-state index >= 15 is 0 Å². The number of aryl methyl sites for hydroxylation is 1. The van der Waals surface area contributed by atoms with E-state index in [1.165, 1.54) is 6.33 Å². The summed E-state index contributed by atoms with van der Waals surface area (Å²) >= 11 is 0. The summed E-state index contributed by atoms with van der Waals surface area (Å²) in [6.45, 7) is 7.78. The minimum Gasteiger partial charge on any atom is -0.338 e. The van der Waals surface area contributed by atoms with E-state index in [2.05, 4.69) is 25.2 Å². The van der Waals surface area contributed by atoms with Gasteiger partial charge in [0.1, 0.15) is 18.2 Å². The van der Waals surface area contributed by atoms with Crippen molar-refractivity contribution in [2.24, 2.45) is 0 Å². The first-order chi connectivity index (χ1) is 10.6. The third-order valence-electron chi connectivity index (χ3n) is 4.01. The molecular formula is C14H21N7O. The highest BCUT2D eigenvalue weighted by Gasteiger charge is 2.26. The van der Waals surface area contributed by atoms with Crippen LogP contribution >= 0.6 is 0 Å². The lowest BCUT2D eigenvalue weighted by atomic mass is 10.2. The Kier molecular flexibility index (Phi) is 4.19.